The molecule has 0 aromatic heterocycles. The Bertz CT molecular complexity index is 1660. The first-order valence-corrected chi connectivity index (χ1v) is 17.7. The highest BCUT2D eigenvalue weighted by atomic mass is 16.6. The van der Waals surface area contributed by atoms with Gasteiger partial charge in [0.15, 0.2) is 5.60 Å². The summed E-state index contributed by atoms with van der Waals surface area (Å²) in [6.45, 7) is 9.04. The van der Waals surface area contributed by atoms with Gasteiger partial charge >= 0.3 is 5.97 Å². The van der Waals surface area contributed by atoms with Crippen molar-refractivity contribution in [3.05, 3.63) is 93.5 Å². The number of hydrogen-bond acceptors (Lipinski definition) is 12. The number of carbonyl (C=O) groups excluding carboxylic acids is 2. The molecule has 0 radical (unpaired) electrons. The lowest BCUT2D eigenvalue weighted by Crippen LogP contribution is -2.37. The molecule has 2 heterocycles. The SMILES string of the molecule is CC(C)N(O)CCOC(Cc1ccc2c(c1)Oc1cc(CC(OCCN(O)C(C)C)N(C)C)ccc1C21OC(=O)c2ccc(C(N)=O)cc21)N(C)C. The van der Waals surface area contributed by atoms with Gasteiger partial charge < -0.3 is 35.1 Å². The van der Waals surface area contributed by atoms with Gasteiger partial charge in [-0.05, 0) is 97.3 Å². The minimum atomic E-state index is -1.39. The Labute approximate surface area is 306 Å². The van der Waals surface area contributed by atoms with E-state index < -0.39 is 17.5 Å². The molecule has 13 heteroatoms. The molecule has 3 aromatic carbocycles. The predicted molar refractivity (Wildman–Crippen MR) is 195 cm³/mol. The number of amides is 1. The van der Waals surface area contributed by atoms with Crippen LogP contribution >= 0.6 is 0 Å². The lowest BCUT2D eigenvalue weighted by molar-refractivity contribution is -0.140. The van der Waals surface area contributed by atoms with Crippen LogP contribution in [-0.2, 0) is 32.7 Å². The van der Waals surface area contributed by atoms with Crippen LogP contribution in [0.15, 0.2) is 54.6 Å². The first kappa shape index (κ1) is 39.3. The Morgan fingerprint density at radius 3 is 1.65 bits per heavy atom. The fourth-order valence-corrected chi connectivity index (χ4v) is 6.48. The Balaban J connectivity index is 1.52. The van der Waals surface area contributed by atoms with Crippen LogP contribution in [0.4, 0.5) is 0 Å². The standard InChI is InChI=1S/C39H53N5O8/c1-24(2)43(47)15-17-49-35(41(5)6)21-26-9-13-30-33(19-26)51-34-20-27(22-36(42(7)8)50-18-16-44(48)25(3)4)10-14-31(34)39(30)32-23-28(37(40)45)11-12-29(32)38(46)52-39/h9-14,19-20,23-25,35-36,47-48H,15-18,21-22H2,1-8H3,(H2,40,45). The molecular weight excluding hydrogens is 666 g/mol. The van der Waals surface area contributed by atoms with E-state index >= 15 is 0 Å². The molecular formula is C39H53N5O8. The minimum absolute atomic E-state index is 0.0213. The summed E-state index contributed by atoms with van der Waals surface area (Å²) in [6.07, 6.45) is 0.449. The lowest BCUT2D eigenvalue weighted by atomic mass is 9.76. The molecule has 5 rings (SSSR count). The van der Waals surface area contributed by atoms with Gasteiger partial charge in [0.2, 0.25) is 5.91 Å². The van der Waals surface area contributed by atoms with Gasteiger partial charge in [-0.25, -0.2) is 4.79 Å². The first-order chi connectivity index (χ1) is 24.6. The van der Waals surface area contributed by atoms with E-state index in [0.29, 0.717) is 72.9 Å². The van der Waals surface area contributed by atoms with Gasteiger partial charge in [-0.2, -0.15) is 10.1 Å². The van der Waals surface area contributed by atoms with Crippen molar-refractivity contribution in [2.75, 3.05) is 54.5 Å². The molecule has 2 atom stereocenters. The van der Waals surface area contributed by atoms with Gasteiger partial charge in [0.05, 0.1) is 18.8 Å². The highest BCUT2D eigenvalue weighted by Crippen LogP contribution is 2.56. The maximum absolute atomic E-state index is 13.5. The summed E-state index contributed by atoms with van der Waals surface area (Å²) in [5.74, 6) is -0.124. The molecule has 0 saturated heterocycles. The van der Waals surface area contributed by atoms with Crippen LogP contribution in [0.1, 0.15) is 76.2 Å². The molecule has 2 aliphatic heterocycles. The Morgan fingerprint density at radius 1 is 0.750 bits per heavy atom. The van der Waals surface area contributed by atoms with E-state index in [2.05, 4.69) is 0 Å². The van der Waals surface area contributed by atoms with Crippen LogP contribution in [0.25, 0.3) is 0 Å². The van der Waals surface area contributed by atoms with Crippen molar-refractivity contribution in [2.24, 2.45) is 5.73 Å². The highest BCUT2D eigenvalue weighted by Gasteiger charge is 2.54. The molecule has 0 fully saturated rings. The van der Waals surface area contributed by atoms with Crippen molar-refractivity contribution >= 4 is 11.9 Å². The Hall–Kier alpha value is -3.92. The molecule has 13 nitrogen and oxygen atoms in total. The monoisotopic (exact) mass is 719 g/mol. The summed E-state index contributed by atoms with van der Waals surface area (Å²) >= 11 is 0. The zero-order valence-electron chi connectivity index (χ0n) is 31.5. The average molecular weight is 720 g/mol. The highest BCUT2D eigenvalue weighted by molar-refractivity contribution is 6.00. The fourth-order valence-electron chi connectivity index (χ4n) is 6.48. The van der Waals surface area contributed by atoms with Crippen molar-refractivity contribution in [1.82, 2.24) is 19.9 Å². The third-order valence-corrected chi connectivity index (χ3v) is 9.65. The summed E-state index contributed by atoms with van der Waals surface area (Å²) in [4.78, 5) is 29.8. The first-order valence-electron chi connectivity index (χ1n) is 17.7. The normalized spacial score (nSPS) is 17.6. The molecule has 0 aliphatic carbocycles. The lowest BCUT2D eigenvalue weighted by Gasteiger charge is -2.37. The number of nitrogens with two attached hydrogens (primary N) is 1. The van der Waals surface area contributed by atoms with E-state index in [0.717, 1.165) is 11.1 Å². The number of fused-ring (bicyclic) bond motifs is 6. The molecule has 2 unspecified atom stereocenters. The second-order valence-electron chi connectivity index (χ2n) is 14.5. The third-order valence-electron chi connectivity index (χ3n) is 9.65. The van der Waals surface area contributed by atoms with Crippen LogP contribution in [0.2, 0.25) is 0 Å². The van der Waals surface area contributed by atoms with Crippen LogP contribution < -0.4 is 10.5 Å². The topological polar surface area (TPSA) is 151 Å². The van der Waals surface area contributed by atoms with E-state index in [1.807, 2.05) is 102 Å². The predicted octanol–water partition coefficient (Wildman–Crippen LogP) is 4.45. The molecule has 2 aliphatic rings. The maximum atomic E-state index is 13.5. The van der Waals surface area contributed by atoms with Crippen LogP contribution in [0, 0.1) is 0 Å². The number of primary amides is 1. The van der Waals surface area contributed by atoms with Crippen molar-refractivity contribution in [3.63, 3.8) is 0 Å². The number of nitrogens with zero attached hydrogens (tertiary/aromatic N) is 4. The number of likely N-dealkylation sites (N-methyl/N-ethyl adjacent to an activating group) is 2. The van der Waals surface area contributed by atoms with Gasteiger partial charge in [-0.3, -0.25) is 14.6 Å². The number of benzene rings is 3. The number of ether oxygens (including phenoxy) is 4. The van der Waals surface area contributed by atoms with Crippen molar-refractivity contribution < 1.29 is 39.0 Å². The third kappa shape index (κ3) is 8.32. The Kier molecular flexibility index (Phi) is 12.4. The second kappa shape index (κ2) is 16.4. The largest absolute Gasteiger partial charge is 0.456 e. The molecule has 0 saturated carbocycles. The van der Waals surface area contributed by atoms with Gasteiger partial charge in [0, 0.05) is 60.3 Å². The zero-order valence-corrected chi connectivity index (χ0v) is 31.5. The van der Waals surface area contributed by atoms with E-state index in [4.69, 9.17) is 24.7 Å². The van der Waals surface area contributed by atoms with Crippen LogP contribution in [0.3, 0.4) is 0 Å². The molecule has 52 heavy (non-hydrogen) atoms. The summed E-state index contributed by atoms with van der Waals surface area (Å²) in [7, 11) is 7.74. The number of hydrogen-bond donors (Lipinski definition) is 3. The fraction of sp³-hybridized carbons (Fsp3) is 0.487. The minimum Gasteiger partial charge on any atom is -0.456 e. The molecule has 4 N–H and O–H groups in total. The zero-order chi connectivity index (χ0) is 37.9. The smallest absolute Gasteiger partial charge is 0.340 e. The quantitative estimate of drug-likeness (QED) is 0.103. The van der Waals surface area contributed by atoms with E-state index in [9.17, 15) is 20.0 Å². The van der Waals surface area contributed by atoms with Crippen molar-refractivity contribution in [1.29, 1.82) is 0 Å². The van der Waals surface area contributed by atoms with Crippen LogP contribution in [-0.4, -0.2) is 121 Å². The average Bonchev–Trinajstić information content (AvgIpc) is 3.38. The van der Waals surface area contributed by atoms with E-state index in [1.165, 1.54) is 16.2 Å². The summed E-state index contributed by atoms with van der Waals surface area (Å²) in [5, 5.41) is 22.8. The summed E-state index contributed by atoms with van der Waals surface area (Å²) in [5.41, 5.74) is 8.52. The van der Waals surface area contributed by atoms with Crippen LogP contribution in [0.5, 0.6) is 11.5 Å². The van der Waals surface area contributed by atoms with Crippen molar-refractivity contribution in [2.45, 2.75) is 70.7 Å². The van der Waals surface area contributed by atoms with Gasteiger partial charge in [0.1, 0.15) is 24.0 Å². The molecule has 1 spiro atoms. The van der Waals surface area contributed by atoms with E-state index in [1.54, 1.807) is 12.1 Å². The maximum Gasteiger partial charge on any atom is 0.340 e. The number of hydroxylamine groups is 4. The van der Waals surface area contributed by atoms with Crippen molar-refractivity contribution in [3.8, 4) is 11.5 Å². The van der Waals surface area contributed by atoms with Gasteiger partial charge in [-0.15, -0.1) is 0 Å². The Morgan fingerprint density at radius 2 is 1.23 bits per heavy atom. The second-order valence-corrected chi connectivity index (χ2v) is 14.5. The van der Waals surface area contributed by atoms with Gasteiger partial charge in [0.25, 0.3) is 0 Å². The molecule has 0 bridgehead atoms. The van der Waals surface area contributed by atoms with E-state index in [-0.39, 0.29) is 30.1 Å². The molecule has 282 valence electrons. The summed E-state index contributed by atoms with van der Waals surface area (Å²) in [6, 6.07) is 16.3. The molecule has 1 amide bonds. The molecule has 3 aromatic rings. The summed E-state index contributed by atoms with van der Waals surface area (Å²) < 4.78 is 25.4. The number of carbonyl (C=O) groups is 2. The van der Waals surface area contributed by atoms with Gasteiger partial charge in [-0.1, -0.05) is 24.3 Å². The number of esters is 1. The number of rotatable bonds is 17.